The fraction of sp³-hybridized carbons (Fsp3) is 0.611. The fourth-order valence-electron chi connectivity index (χ4n) is 4.23. The van der Waals surface area contributed by atoms with Crippen LogP contribution in [0, 0.1) is 23.6 Å². The standard InChI is InChI=1S/C18H25FN2O/c1-2-21-11-13-5-3-6-14(12-21)17(13)10-18(22)20-16-8-4-7-15(19)9-16/h4,7-9,13-14,17H,2-3,5-6,10-12H2,1H3,(H,20,22)/t13-,14+,17?. The maximum atomic E-state index is 13.2. The minimum absolute atomic E-state index is 0.0254. The van der Waals surface area contributed by atoms with Gasteiger partial charge in [-0.05, 0) is 55.3 Å². The van der Waals surface area contributed by atoms with Gasteiger partial charge in [-0.3, -0.25) is 4.79 Å². The highest BCUT2D eigenvalue weighted by Gasteiger charge is 2.39. The number of likely N-dealkylation sites (tertiary alicyclic amines) is 1. The normalized spacial score (nSPS) is 28.4. The molecule has 1 N–H and O–H groups in total. The Morgan fingerprint density at radius 1 is 1.32 bits per heavy atom. The zero-order valence-corrected chi connectivity index (χ0v) is 13.2. The van der Waals surface area contributed by atoms with Gasteiger partial charge in [0.15, 0.2) is 0 Å². The predicted octanol–water partition coefficient (Wildman–Crippen LogP) is 3.52. The highest BCUT2D eigenvalue weighted by Crippen LogP contribution is 2.41. The summed E-state index contributed by atoms with van der Waals surface area (Å²) in [6.45, 7) is 5.58. The van der Waals surface area contributed by atoms with E-state index in [0.717, 1.165) is 19.6 Å². The van der Waals surface area contributed by atoms with Gasteiger partial charge in [0.05, 0.1) is 0 Å². The summed E-state index contributed by atoms with van der Waals surface area (Å²) in [6.07, 6.45) is 4.36. The van der Waals surface area contributed by atoms with E-state index in [1.165, 1.54) is 31.4 Å². The van der Waals surface area contributed by atoms with E-state index in [9.17, 15) is 9.18 Å². The molecule has 1 amide bonds. The largest absolute Gasteiger partial charge is 0.326 e. The molecule has 1 saturated heterocycles. The van der Waals surface area contributed by atoms with Gasteiger partial charge in [0.25, 0.3) is 0 Å². The summed E-state index contributed by atoms with van der Waals surface area (Å²) in [5.74, 6) is 1.49. The lowest BCUT2D eigenvalue weighted by atomic mass is 9.67. The smallest absolute Gasteiger partial charge is 0.224 e. The van der Waals surface area contributed by atoms with Crippen molar-refractivity contribution in [1.82, 2.24) is 4.90 Å². The number of hydrogen-bond acceptors (Lipinski definition) is 2. The van der Waals surface area contributed by atoms with Crippen molar-refractivity contribution in [2.24, 2.45) is 17.8 Å². The average molecular weight is 304 g/mol. The first-order chi connectivity index (χ1) is 10.7. The monoisotopic (exact) mass is 304 g/mol. The highest BCUT2D eigenvalue weighted by atomic mass is 19.1. The Hall–Kier alpha value is -1.42. The third kappa shape index (κ3) is 3.49. The van der Waals surface area contributed by atoms with Crippen molar-refractivity contribution in [3.8, 4) is 0 Å². The molecular formula is C18H25FN2O. The highest BCUT2D eigenvalue weighted by molar-refractivity contribution is 5.90. The van der Waals surface area contributed by atoms with Crippen LogP contribution in [0.4, 0.5) is 10.1 Å². The van der Waals surface area contributed by atoms with E-state index in [-0.39, 0.29) is 11.7 Å². The minimum Gasteiger partial charge on any atom is -0.326 e. The summed E-state index contributed by atoms with van der Waals surface area (Å²) >= 11 is 0. The van der Waals surface area contributed by atoms with Gasteiger partial charge in [0.1, 0.15) is 5.82 Å². The first-order valence-electron chi connectivity index (χ1n) is 8.43. The second-order valence-electron chi connectivity index (χ2n) is 6.73. The molecule has 1 saturated carbocycles. The molecular weight excluding hydrogens is 279 g/mol. The molecule has 2 bridgehead atoms. The number of piperidine rings is 1. The number of amides is 1. The van der Waals surface area contributed by atoms with Gasteiger partial charge in [-0.2, -0.15) is 0 Å². The van der Waals surface area contributed by atoms with E-state index in [1.807, 2.05) is 0 Å². The number of fused-ring (bicyclic) bond motifs is 2. The van der Waals surface area contributed by atoms with E-state index in [4.69, 9.17) is 0 Å². The van der Waals surface area contributed by atoms with Crippen LogP contribution < -0.4 is 5.32 Å². The maximum absolute atomic E-state index is 13.2. The van der Waals surface area contributed by atoms with E-state index < -0.39 is 0 Å². The first kappa shape index (κ1) is 15.5. The van der Waals surface area contributed by atoms with Crippen LogP contribution in [0.2, 0.25) is 0 Å². The third-order valence-electron chi connectivity index (χ3n) is 5.32. The molecule has 2 aliphatic rings. The zero-order chi connectivity index (χ0) is 15.5. The van der Waals surface area contributed by atoms with E-state index in [1.54, 1.807) is 12.1 Å². The molecule has 1 heterocycles. The summed E-state index contributed by atoms with van der Waals surface area (Å²) in [5, 5.41) is 2.85. The average Bonchev–Trinajstić information content (AvgIpc) is 2.46. The molecule has 3 rings (SSSR count). The van der Waals surface area contributed by atoms with Crippen molar-refractivity contribution in [3.63, 3.8) is 0 Å². The van der Waals surface area contributed by atoms with Gasteiger partial charge in [-0.25, -0.2) is 4.39 Å². The first-order valence-corrected chi connectivity index (χ1v) is 8.43. The lowest BCUT2D eigenvalue weighted by Crippen LogP contribution is -2.49. The van der Waals surface area contributed by atoms with Gasteiger partial charge in [-0.15, -0.1) is 0 Å². The van der Waals surface area contributed by atoms with E-state index in [2.05, 4.69) is 17.1 Å². The number of rotatable bonds is 4. The van der Waals surface area contributed by atoms with Crippen LogP contribution >= 0.6 is 0 Å². The van der Waals surface area contributed by atoms with Crippen molar-refractivity contribution < 1.29 is 9.18 Å². The number of carbonyl (C=O) groups excluding carboxylic acids is 1. The molecule has 3 nitrogen and oxygen atoms in total. The van der Waals surface area contributed by atoms with Crippen LogP contribution in [-0.2, 0) is 4.79 Å². The molecule has 3 atom stereocenters. The number of nitrogens with zero attached hydrogens (tertiary/aromatic N) is 1. The molecule has 4 heteroatoms. The second kappa shape index (κ2) is 6.78. The van der Waals surface area contributed by atoms with E-state index >= 15 is 0 Å². The summed E-state index contributed by atoms with van der Waals surface area (Å²) in [7, 11) is 0. The number of halogens is 1. The van der Waals surface area contributed by atoms with Crippen LogP contribution in [0.5, 0.6) is 0 Å². The number of benzene rings is 1. The molecule has 2 fully saturated rings. The molecule has 1 aliphatic heterocycles. The summed E-state index contributed by atoms with van der Waals surface area (Å²) in [5.41, 5.74) is 0.557. The van der Waals surface area contributed by atoms with Crippen molar-refractivity contribution in [3.05, 3.63) is 30.1 Å². The molecule has 0 spiro atoms. The number of anilines is 1. The van der Waals surface area contributed by atoms with Crippen molar-refractivity contribution in [1.29, 1.82) is 0 Å². The van der Waals surface area contributed by atoms with Gasteiger partial charge >= 0.3 is 0 Å². The Morgan fingerprint density at radius 2 is 2.05 bits per heavy atom. The Bertz CT molecular complexity index is 520. The maximum Gasteiger partial charge on any atom is 0.224 e. The lowest BCUT2D eigenvalue weighted by Gasteiger charge is -2.47. The SMILES string of the molecule is CCN1C[C@H]2CCC[C@@H](C1)C2CC(=O)Nc1cccc(F)c1. The second-order valence-corrected chi connectivity index (χ2v) is 6.73. The minimum atomic E-state index is -0.314. The Kier molecular flexibility index (Phi) is 4.77. The zero-order valence-electron chi connectivity index (χ0n) is 13.2. The quantitative estimate of drug-likeness (QED) is 0.923. The summed E-state index contributed by atoms with van der Waals surface area (Å²) < 4.78 is 13.2. The molecule has 1 unspecified atom stereocenters. The molecule has 1 aromatic rings. The van der Waals surface area contributed by atoms with Gasteiger partial charge in [0, 0.05) is 25.2 Å². The van der Waals surface area contributed by atoms with E-state index in [0.29, 0.717) is 29.9 Å². The summed E-state index contributed by atoms with van der Waals surface area (Å²) in [4.78, 5) is 14.9. The number of hydrogen-bond donors (Lipinski definition) is 1. The molecule has 120 valence electrons. The van der Waals surface area contributed by atoms with Crippen molar-refractivity contribution in [2.75, 3.05) is 25.0 Å². The lowest BCUT2D eigenvalue weighted by molar-refractivity contribution is -0.119. The number of carbonyl (C=O) groups is 1. The predicted molar refractivity (Wildman–Crippen MR) is 86.1 cm³/mol. The van der Waals surface area contributed by atoms with Crippen LogP contribution in [0.1, 0.15) is 32.6 Å². The van der Waals surface area contributed by atoms with Gasteiger partial charge in [-0.1, -0.05) is 19.4 Å². The van der Waals surface area contributed by atoms with Crippen LogP contribution in [0.3, 0.4) is 0 Å². The Morgan fingerprint density at radius 3 is 2.68 bits per heavy atom. The molecule has 0 radical (unpaired) electrons. The van der Waals surface area contributed by atoms with Crippen molar-refractivity contribution in [2.45, 2.75) is 32.6 Å². The number of nitrogens with one attached hydrogen (secondary N) is 1. The fourth-order valence-corrected chi connectivity index (χ4v) is 4.23. The van der Waals surface area contributed by atoms with Gasteiger partial charge in [0.2, 0.25) is 5.91 Å². The van der Waals surface area contributed by atoms with Crippen LogP contribution in [0.15, 0.2) is 24.3 Å². The third-order valence-corrected chi connectivity index (χ3v) is 5.32. The Balaban J connectivity index is 1.61. The van der Waals surface area contributed by atoms with Crippen molar-refractivity contribution >= 4 is 11.6 Å². The molecule has 0 aromatic heterocycles. The molecule has 22 heavy (non-hydrogen) atoms. The summed E-state index contributed by atoms with van der Waals surface area (Å²) in [6, 6.07) is 6.12. The topological polar surface area (TPSA) is 32.3 Å². The van der Waals surface area contributed by atoms with Gasteiger partial charge < -0.3 is 10.2 Å². The Labute approximate surface area is 131 Å². The molecule has 1 aromatic carbocycles. The molecule has 1 aliphatic carbocycles. The van der Waals surface area contributed by atoms with Crippen LogP contribution in [-0.4, -0.2) is 30.4 Å². The van der Waals surface area contributed by atoms with Crippen LogP contribution in [0.25, 0.3) is 0 Å².